The summed E-state index contributed by atoms with van der Waals surface area (Å²) >= 11 is 17.9. The zero-order valence-corrected chi connectivity index (χ0v) is 12.1. The van der Waals surface area contributed by atoms with E-state index in [1.54, 1.807) is 18.2 Å². The Labute approximate surface area is 122 Å². The van der Waals surface area contributed by atoms with Gasteiger partial charge in [0.25, 0.3) is 5.91 Å². The van der Waals surface area contributed by atoms with Gasteiger partial charge in [-0.15, -0.1) is 11.6 Å². The van der Waals surface area contributed by atoms with Gasteiger partial charge in [-0.3, -0.25) is 4.79 Å². The van der Waals surface area contributed by atoms with Gasteiger partial charge in [0.1, 0.15) is 0 Å². The van der Waals surface area contributed by atoms with E-state index in [-0.39, 0.29) is 5.91 Å². The van der Waals surface area contributed by atoms with E-state index in [2.05, 4.69) is 0 Å². The molecular weight excluding hydrogens is 293 g/mol. The van der Waals surface area contributed by atoms with E-state index in [0.29, 0.717) is 34.0 Å². The fourth-order valence-electron chi connectivity index (χ4n) is 2.21. The van der Waals surface area contributed by atoms with E-state index < -0.39 is 0 Å². The van der Waals surface area contributed by atoms with Crippen LogP contribution in [0.1, 0.15) is 23.2 Å². The van der Waals surface area contributed by atoms with Crippen LogP contribution in [0, 0.1) is 5.92 Å². The van der Waals surface area contributed by atoms with Crippen LogP contribution in [0.5, 0.6) is 0 Å². The Morgan fingerprint density at radius 1 is 1.39 bits per heavy atom. The van der Waals surface area contributed by atoms with Crippen molar-refractivity contribution in [3.05, 3.63) is 33.8 Å². The van der Waals surface area contributed by atoms with Gasteiger partial charge in [-0.2, -0.15) is 0 Å². The first kappa shape index (κ1) is 14.0. The molecule has 0 saturated carbocycles. The predicted octanol–water partition coefficient (Wildman–Crippen LogP) is 4.08. The van der Waals surface area contributed by atoms with Crippen molar-refractivity contribution in [2.45, 2.75) is 12.8 Å². The Morgan fingerprint density at radius 3 is 2.89 bits per heavy atom. The first-order valence-corrected chi connectivity index (χ1v) is 7.21. The maximum atomic E-state index is 12.4. The lowest BCUT2D eigenvalue weighted by molar-refractivity contribution is 0.0685. The monoisotopic (exact) mass is 305 g/mol. The minimum absolute atomic E-state index is 0.0580. The van der Waals surface area contributed by atoms with Crippen molar-refractivity contribution in [1.82, 2.24) is 4.90 Å². The van der Waals surface area contributed by atoms with Gasteiger partial charge in [0.2, 0.25) is 0 Å². The number of amides is 1. The van der Waals surface area contributed by atoms with Crippen molar-refractivity contribution >= 4 is 40.7 Å². The zero-order chi connectivity index (χ0) is 13.1. The number of benzene rings is 1. The lowest BCUT2D eigenvalue weighted by Crippen LogP contribution is -2.40. The Bertz CT molecular complexity index is 450. The summed E-state index contributed by atoms with van der Waals surface area (Å²) in [6.45, 7) is 1.46. The summed E-state index contributed by atoms with van der Waals surface area (Å²) in [6, 6.07) is 5.13. The summed E-state index contributed by atoms with van der Waals surface area (Å²) < 4.78 is 0. The van der Waals surface area contributed by atoms with Crippen molar-refractivity contribution in [3.63, 3.8) is 0 Å². The van der Waals surface area contributed by atoms with Gasteiger partial charge < -0.3 is 4.90 Å². The Balaban J connectivity index is 2.18. The van der Waals surface area contributed by atoms with Crippen LogP contribution >= 0.6 is 34.8 Å². The number of hydrogen-bond acceptors (Lipinski definition) is 1. The van der Waals surface area contributed by atoms with E-state index in [0.717, 1.165) is 19.4 Å². The highest BCUT2D eigenvalue weighted by atomic mass is 35.5. The second-order valence-electron chi connectivity index (χ2n) is 4.52. The van der Waals surface area contributed by atoms with Crippen LogP contribution in [0.4, 0.5) is 0 Å². The molecule has 2 nitrogen and oxygen atoms in total. The summed E-state index contributed by atoms with van der Waals surface area (Å²) in [5, 5.41) is 0.741. The lowest BCUT2D eigenvalue weighted by atomic mass is 9.99. The molecule has 5 heteroatoms. The molecule has 1 saturated heterocycles. The van der Waals surface area contributed by atoms with Crippen molar-refractivity contribution in [2.75, 3.05) is 19.0 Å². The van der Waals surface area contributed by atoms with Gasteiger partial charge in [0, 0.05) is 19.0 Å². The third kappa shape index (κ3) is 2.93. The average molecular weight is 307 g/mol. The second-order valence-corrected chi connectivity index (χ2v) is 5.61. The largest absolute Gasteiger partial charge is 0.338 e. The minimum Gasteiger partial charge on any atom is -0.338 e. The van der Waals surface area contributed by atoms with Crippen LogP contribution in [0.2, 0.25) is 10.0 Å². The molecule has 1 aromatic rings. The van der Waals surface area contributed by atoms with E-state index >= 15 is 0 Å². The predicted molar refractivity (Wildman–Crippen MR) is 75.8 cm³/mol. The number of rotatable bonds is 2. The molecule has 1 unspecified atom stereocenters. The molecule has 0 aromatic heterocycles. The van der Waals surface area contributed by atoms with Crippen molar-refractivity contribution in [3.8, 4) is 0 Å². The molecule has 2 rings (SSSR count). The first-order valence-electron chi connectivity index (χ1n) is 5.92. The SMILES string of the molecule is O=C(c1cccc(Cl)c1Cl)N1CCCC(CCl)C1. The number of piperidine rings is 1. The third-order valence-corrected chi connectivity index (χ3v) is 4.46. The maximum absolute atomic E-state index is 12.4. The molecule has 1 aliphatic heterocycles. The van der Waals surface area contributed by atoms with Crippen molar-refractivity contribution < 1.29 is 4.79 Å². The Morgan fingerprint density at radius 2 is 2.17 bits per heavy atom. The maximum Gasteiger partial charge on any atom is 0.255 e. The van der Waals surface area contributed by atoms with E-state index in [9.17, 15) is 4.79 Å². The van der Waals surface area contributed by atoms with Crippen LogP contribution in [-0.2, 0) is 0 Å². The van der Waals surface area contributed by atoms with Crippen molar-refractivity contribution in [2.24, 2.45) is 5.92 Å². The van der Waals surface area contributed by atoms with Gasteiger partial charge in [0.05, 0.1) is 15.6 Å². The molecule has 0 N–H and O–H groups in total. The molecular formula is C13H14Cl3NO. The fraction of sp³-hybridized carbons (Fsp3) is 0.462. The molecule has 0 spiro atoms. The van der Waals surface area contributed by atoms with Gasteiger partial charge in [0.15, 0.2) is 0 Å². The molecule has 0 aliphatic carbocycles. The standard InChI is InChI=1S/C13H14Cl3NO/c14-7-9-3-2-6-17(8-9)13(18)10-4-1-5-11(15)12(10)16/h1,4-5,9H,2-3,6-8H2. The molecule has 1 fully saturated rings. The van der Waals surface area contributed by atoms with E-state index in [1.165, 1.54) is 0 Å². The molecule has 1 aromatic carbocycles. The molecule has 1 atom stereocenters. The normalized spacial score (nSPS) is 19.9. The van der Waals surface area contributed by atoms with Crippen LogP contribution in [-0.4, -0.2) is 29.8 Å². The highest BCUT2D eigenvalue weighted by Crippen LogP contribution is 2.28. The third-order valence-electron chi connectivity index (χ3n) is 3.21. The quantitative estimate of drug-likeness (QED) is 0.754. The van der Waals surface area contributed by atoms with Crippen LogP contribution < -0.4 is 0 Å². The summed E-state index contributed by atoms with van der Waals surface area (Å²) in [4.78, 5) is 14.2. The molecule has 0 radical (unpaired) electrons. The molecule has 98 valence electrons. The summed E-state index contributed by atoms with van der Waals surface area (Å²) in [5.74, 6) is 0.909. The number of hydrogen-bond donors (Lipinski definition) is 0. The molecule has 18 heavy (non-hydrogen) atoms. The van der Waals surface area contributed by atoms with Gasteiger partial charge >= 0.3 is 0 Å². The van der Waals surface area contributed by atoms with E-state index in [4.69, 9.17) is 34.8 Å². The number of carbonyl (C=O) groups excluding carboxylic acids is 1. The van der Waals surface area contributed by atoms with Crippen LogP contribution in [0.3, 0.4) is 0 Å². The highest BCUT2D eigenvalue weighted by molar-refractivity contribution is 6.43. The molecule has 0 bridgehead atoms. The topological polar surface area (TPSA) is 20.3 Å². The average Bonchev–Trinajstić information content (AvgIpc) is 2.41. The highest BCUT2D eigenvalue weighted by Gasteiger charge is 2.25. The number of alkyl halides is 1. The Kier molecular flexibility index (Phi) is 4.77. The summed E-state index contributed by atoms with van der Waals surface area (Å²) in [6.07, 6.45) is 2.07. The lowest BCUT2D eigenvalue weighted by Gasteiger charge is -2.32. The zero-order valence-electron chi connectivity index (χ0n) is 9.83. The van der Waals surface area contributed by atoms with Crippen molar-refractivity contribution in [1.29, 1.82) is 0 Å². The fourth-order valence-corrected chi connectivity index (χ4v) is 2.85. The number of halogens is 3. The second kappa shape index (κ2) is 6.14. The number of carbonyl (C=O) groups is 1. The van der Waals surface area contributed by atoms with Gasteiger partial charge in [-0.25, -0.2) is 0 Å². The number of likely N-dealkylation sites (tertiary alicyclic amines) is 1. The smallest absolute Gasteiger partial charge is 0.255 e. The van der Waals surface area contributed by atoms with Gasteiger partial charge in [-0.1, -0.05) is 29.3 Å². The molecule has 1 heterocycles. The van der Waals surface area contributed by atoms with E-state index in [1.807, 2.05) is 4.90 Å². The van der Waals surface area contributed by atoms with Crippen LogP contribution in [0.15, 0.2) is 18.2 Å². The van der Waals surface area contributed by atoms with Gasteiger partial charge in [-0.05, 0) is 30.9 Å². The number of nitrogens with zero attached hydrogens (tertiary/aromatic N) is 1. The summed E-state index contributed by atoms with van der Waals surface area (Å²) in [5.41, 5.74) is 0.472. The summed E-state index contributed by atoms with van der Waals surface area (Å²) in [7, 11) is 0. The Hall–Kier alpha value is -0.440. The minimum atomic E-state index is -0.0580. The first-order chi connectivity index (χ1) is 8.63. The van der Waals surface area contributed by atoms with Crippen LogP contribution in [0.25, 0.3) is 0 Å². The molecule has 1 aliphatic rings. The molecule has 1 amide bonds.